The van der Waals surface area contributed by atoms with Crippen molar-refractivity contribution in [2.24, 2.45) is 0 Å². The summed E-state index contributed by atoms with van der Waals surface area (Å²) in [6, 6.07) is 17.8. The van der Waals surface area contributed by atoms with Gasteiger partial charge in [0.25, 0.3) is 0 Å². The van der Waals surface area contributed by atoms with E-state index in [1.54, 1.807) is 11.1 Å². The molecule has 2 aromatic rings. The van der Waals surface area contributed by atoms with Gasteiger partial charge >= 0.3 is 0 Å². The zero-order chi connectivity index (χ0) is 13.1. The Balaban J connectivity index is 1.72. The van der Waals surface area contributed by atoms with Crippen molar-refractivity contribution in [2.75, 3.05) is 0 Å². The van der Waals surface area contributed by atoms with E-state index in [1.807, 2.05) is 11.8 Å². The van der Waals surface area contributed by atoms with Crippen molar-refractivity contribution in [1.82, 2.24) is 0 Å². The van der Waals surface area contributed by atoms with Gasteiger partial charge in [-0.2, -0.15) is 0 Å². The molecule has 0 saturated carbocycles. The normalized spacial score (nSPS) is 18.1. The van der Waals surface area contributed by atoms with Gasteiger partial charge in [-0.25, -0.2) is 0 Å². The molecule has 0 saturated heterocycles. The lowest BCUT2D eigenvalue weighted by molar-refractivity contribution is 0.589. The summed E-state index contributed by atoms with van der Waals surface area (Å²) in [5, 5.41) is 0. The Bertz CT molecular complexity index is 545. The summed E-state index contributed by atoms with van der Waals surface area (Å²) in [5.41, 5.74) is 4.56. The molecule has 0 aliphatic heterocycles. The van der Waals surface area contributed by atoms with Crippen LogP contribution in [0.1, 0.15) is 42.4 Å². The molecule has 0 spiro atoms. The van der Waals surface area contributed by atoms with Crippen LogP contribution in [-0.4, -0.2) is 0 Å². The van der Waals surface area contributed by atoms with Gasteiger partial charge < -0.3 is 0 Å². The number of benzene rings is 2. The number of hydrogen-bond donors (Lipinski definition) is 0. The molecule has 0 nitrogen and oxygen atoms in total. The largest absolute Gasteiger partial charge is 0.121 e. The van der Waals surface area contributed by atoms with Crippen molar-refractivity contribution in [3.05, 3.63) is 65.2 Å². The summed E-state index contributed by atoms with van der Waals surface area (Å²) in [7, 11) is 0. The van der Waals surface area contributed by atoms with Gasteiger partial charge in [0.05, 0.1) is 0 Å². The second-order valence-electron chi connectivity index (χ2n) is 5.43. The highest BCUT2D eigenvalue weighted by Gasteiger charge is 2.16. The van der Waals surface area contributed by atoms with Crippen molar-refractivity contribution >= 4 is 11.8 Å². The molecule has 2 aromatic carbocycles. The minimum atomic E-state index is 0.747. The van der Waals surface area contributed by atoms with Crippen molar-refractivity contribution in [1.29, 1.82) is 0 Å². The van der Waals surface area contributed by atoms with E-state index in [9.17, 15) is 0 Å². The molecular formula is C18H20S. The molecule has 1 atom stereocenters. The fourth-order valence-electron chi connectivity index (χ4n) is 2.86. The summed E-state index contributed by atoms with van der Waals surface area (Å²) in [6.07, 6.45) is 3.96. The second-order valence-corrected chi connectivity index (χ2v) is 6.48. The first-order valence-electron chi connectivity index (χ1n) is 7.12. The number of aryl methyl sites for hydroxylation is 1. The van der Waals surface area contributed by atoms with Crippen LogP contribution >= 0.6 is 11.8 Å². The smallest absolute Gasteiger partial charge is 0.0231 e. The number of fused-ring (bicyclic) bond motifs is 1. The zero-order valence-electron chi connectivity index (χ0n) is 11.4. The topological polar surface area (TPSA) is 0 Å². The van der Waals surface area contributed by atoms with E-state index < -0.39 is 0 Å². The third-order valence-electron chi connectivity index (χ3n) is 3.98. The monoisotopic (exact) mass is 268 g/mol. The van der Waals surface area contributed by atoms with Gasteiger partial charge in [-0.05, 0) is 54.0 Å². The Morgan fingerprint density at radius 2 is 1.95 bits per heavy atom. The lowest BCUT2D eigenvalue weighted by Crippen LogP contribution is -2.06. The molecule has 0 aromatic heterocycles. The van der Waals surface area contributed by atoms with Gasteiger partial charge in [0.2, 0.25) is 0 Å². The van der Waals surface area contributed by atoms with Crippen LogP contribution in [0.25, 0.3) is 0 Å². The molecule has 1 heteroatoms. The molecule has 0 fully saturated rings. The minimum absolute atomic E-state index is 0.747. The highest BCUT2D eigenvalue weighted by Crippen LogP contribution is 2.34. The second kappa shape index (κ2) is 5.83. The van der Waals surface area contributed by atoms with Gasteiger partial charge in [0, 0.05) is 10.6 Å². The van der Waals surface area contributed by atoms with Crippen LogP contribution in [0, 0.1) is 0 Å². The minimum Gasteiger partial charge on any atom is -0.121 e. The molecule has 19 heavy (non-hydrogen) atoms. The van der Waals surface area contributed by atoms with Crippen molar-refractivity contribution < 1.29 is 0 Å². The lowest BCUT2D eigenvalue weighted by atomic mass is 9.84. The molecular weight excluding hydrogens is 248 g/mol. The first-order chi connectivity index (χ1) is 9.33. The predicted octanol–water partition coefficient (Wildman–Crippen LogP) is 5.42. The van der Waals surface area contributed by atoms with Gasteiger partial charge in [0.15, 0.2) is 0 Å². The molecule has 0 radical (unpaired) electrons. The summed E-state index contributed by atoms with van der Waals surface area (Å²) < 4.78 is 0. The van der Waals surface area contributed by atoms with E-state index >= 15 is 0 Å². The molecule has 0 heterocycles. The highest BCUT2D eigenvalue weighted by molar-refractivity contribution is 7.98. The van der Waals surface area contributed by atoms with Crippen LogP contribution in [0.15, 0.2) is 53.4 Å². The fraction of sp³-hybridized carbons (Fsp3) is 0.333. The predicted molar refractivity (Wildman–Crippen MR) is 83.8 cm³/mol. The number of hydrogen-bond acceptors (Lipinski definition) is 1. The third-order valence-corrected chi connectivity index (χ3v) is 5.04. The third kappa shape index (κ3) is 3.03. The quantitative estimate of drug-likeness (QED) is 0.670. The first-order valence-corrected chi connectivity index (χ1v) is 8.11. The fourth-order valence-corrected chi connectivity index (χ4v) is 3.78. The summed E-state index contributed by atoms with van der Waals surface area (Å²) in [5.74, 6) is 1.81. The van der Waals surface area contributed by atoms with E-state index in [1.165, 1.54) is 29.7 Å². The lowest BCUT2D eigenvalue weighted by Gasteiger charge is -2.22. The maximum atomic E-state index is 2.42. The Hall–Kier alpha value is -1.21. The maximum Gasteiger partial charge on any atom is 0.0231 e. The maximum absolute atomic E-state index is 2.42. The molecule has 98 valence electrons. The van der Waals surface area contributed by atoms with Crippen LogP contribution in [0.5, 0.6) is 0 Å². The van der Waals surface area contributed by atoms with E-state index in [0.29, 0.717) is 0 Å². The molecule has 0 bridgehead atoms. The Morgan fingerprint density at radius 1 is 1.11 bits per heavy atom. The van der Waals surface area contributed by atoms with Gasteiger partial charge in [-0.3, -0.25) is 0 Å². The molecule has 3 rings (SSSR count). The Labute approximate surface area is 120 Å². The van der Waals surface area contributed by atoms with Crippen molar-refractivity contribution in [3.63, 3.8) is 0 Å². The van der Waals surface area contributed by atoms with Crippen molar-refractivity contribution in [2.45, 2.75) is 42.8 Å². The van der Waals surface area contributed by atoms with Gasteiger partial charge in [-0.15, -0.1) is 11.8 Å². The van der Waals surface area contributed by atoms with Gasteiger partial charge in [0.1, 0.15) is 0 Å². The van der Waals surface area contributed by atoms with E-state index in [0.717, 1.165) is 11.7 Å². The van der Waals surface area contributed by atoms with Crippen LogP contribution in [0.4, 0.5) is 0 Å². The van der Waals surface area contributed by atoms with E-state index in [2.05, 4.69) is 55.5 Å². The van der Waals surface area contributed by atoms with Gasteiger partial charge in [-0.1, -0.05) is 43.3 Å². The highest BCUT2D eigenvalue weighted by atomic mass is 32.2. The first kappa shape index (κ1) is 12.8. The van der Waals surface area contributed by atoms with Crippen LogP contribution < -0.4 is 0 Å². The summed E-state index contributed by atoms with van der Waals surface area (Å²) in [6.45, 7) is 2.36. The average molecular weight is 268 g/mol. The van der Waals surface area contributed by atoms with Crippen molar-refractivity contribution in [3.8, 4) is 0 Å². The Kier molecular flexibility index (Phi) is 3.93. The number of thioether (sulfide) groups is 1. The summed E-state index contributed by atoms with van der Waals surface area (Å²) in [4.78, 5) is 1.41. The van der Waals surface area contributed by atoms with Crippen LogP contribution in [-0.2, 0) is 12.2 Å². The summed E-state index contributed by atoms with van der Waals surface area (Å²) >= 11 is 1.95. The molecule has 1 aliphatic rings. The molecule has 0 N–H and O–H groups in total. The van der Waals surface area contributed by atoms with E-state index in [-0.39, 0.29) is 0 Å². The SMILES string of the molecule is CC1CCCc2cc(SCc3ccccc3)ccc21. The zero-order valence-corrected chi connectivity index (χ0v) is 12.2. The van der Waals surface area contributed by atoms with Crippen LogP contribution in [0.2, 0.25) is 0 Å². The van der Waals surface area contributed by atoms with E-state index in [4.69, 9.17) is 0 Å². The standard InChI is InChI=1S/C18H20S/c1-14-6-5-9-16-12-17(10-11-18(14)16)19-13-15-7-3-2-4-8-15/h2-4,7-8,10-12,14H,5-6,9,13H2,1H3. The van der Waals surface area contributed by atoms with Crippen LogP contribution in [0.3, 0.4) is 0 Å². The molecule has 0 amide bonds. The molecule has 1 unspecified atom stereocenters. The molecule has 1 aliphatic carbocycles. The Morgan fingerprint density at radius 3 is 2.79 bits per heavy atom. The average Bonchev–Trinajstić information content (AvgIpc) is 2.46. The number of rotatable bonds is 3.